The van der Waals surface area contributed by atoms with Gasteiger partial charge < -0.3 is 19.8 Å². The summed E-state index contributed by atoms with van der Waals surface area (Å²) in [6, 6.07) is 8.80. The molecule has 0 spiro atoms. The second-order valence-corrected chi connectivity index (χ2v) is 19.3. The first-order chi connectivity index (χ1) is 22.5. The second kappa shape index (κ2) is 19.5. The summed E-state index contributed by atoms with van der Waals surface area (Å²) in [5, 5.41) is 6.49. The number of amides is 2. The van der Waals surface area contributed by atoms with Gasteiger partial charge in [0, 0.05) is 35.4 Å². The zero-order chi connectivity index (χ0) is 35.9. The van der Waals surface area contributed by atoms with Crippen LogP contribution in [-0.4, -0.2) is 44.4 Å². The fourth-order valence-electron chi connectivity index (χ4n) is 4.72. The maximum absolute atomic E-state index is 13.3. The van der Waals surface area contributed by atoms with E-state index in [0.29, 0.717) is 31.3 Å². The van der Waals surface area contributed by atoms with E-state index in [-0.39, 0.29) is 40.9 Å². The molecule has 1 aliphatic heterocycles. The second-order valence-electron chi connectivity index (χ2n) is 14.0. The van der Waals surface area contributed by atoms with Crippen LogP contribution in [0.4, 0.5) is 0 Å². The zero-order valence-electron chi connectivity index (χ0n) is 30.1. The minimum absolute atomic E-state index is 0.0452. The molecule has 0 unspecified atom stereocenters. The van der Waals surface area contributed by atoms with E-state index >= 15 is 0 Å². The molecule has 1 aliphatic rings. The van der Waals surface area contributed by atoms with E-state index in [0.717, 1.165) is 16.2 Å². The van der Waals surface area contributed by atoms with Gasteiger partial charge >= 0.3 is 5.97 Å². The first kappa shape index (κ1) is 40.7. The highest BCUT2D eigenvalue weighted by atomic mass is 35.5. The summed E-state index contributed by atoms with van der Waals surface area (Å²) in [5.41, 5.74) is 2.56. The summed E-state index contributed by atoms with van der Waals surface area (Å²) < 4.78 is 12.1. The van der Waals surface area contributed by atoms with Crippen molar-refractivity contribution in [1.82, 2.24) is 10.6 Å². The highest BCUT2D eigenvalue weighted by Crippen LogP contribution is 2.38. The molecule has 7 nitrogen and oxygen atoms in total. The smallest absolute Gasteiger partial charge is 0.333 e. The average molecular weight is 695 g/mol. The normalized spacial score (nSPS) is 18.5. The van der Waals surface area contributed by atoms with E-state index in [4.69, 9.17) is 20.8 Å². The molecule has 0 aromatic heterocycles. The molecule has 0 saturated heterocycles. The predicted molar refractivity (Wildman–Crippen MR) is 200 cm³/mol. The Morgan fingerprint density at radius 1 is 1.10 bits per heavy atom. The average Bonchev–Trinajstić information content (AvgIpc) is 3.00. The van der Waals surface area contributed by atoms with Crippen molar-refractivity contribution in [2.24, 2.45) is 5.92 Å². The van der Waals surface area contributed by atoms with Crippen molar-refractivity contribution < 1.29 is 23.5 Å². The number of cyclic esters (lactones) is 1. The van der Waals surface area contributed by atoms with Gasteiger partial charge in [-0.05, 0) is 63.5 Å². The zero-order valence-corrected chi connectivity index (χ0v) is 31.9. The maximum atomic E-state index is 13.3. The van der Waals surface area contributed by atoms with Gasteiger partial charge in [-0.2, -0.15) is 0 Å². The third-order valence-corrected chi connectivity index (χ3v) is 13.3. The van der Waals surface area contributed by atoms with E-state index in [1.165, 1.54) is 6.08 Å². The molecule has 9 heteroatoms. The Kier molecular flexibility index (Phi) is 16.6. The molecule has 48 heavy (non-hydrogen) atoms. The number of carbonyl (C=O) groups is 3. The lowest BCUT2D eigenvalue weighted by atomic mass is 9.96. The highest BCUT2D eigenvalue weighted by molar-refractivity contribution is 6.74. The Morgan fingerprint density at radius 3 is 2.40 bits per heavy atom. The molecule has 0 fully saturated rings. The fraction of sp³-hybridized carbons (Fsp3) is 0.462. The number of allylic oxidation sites excluding steroid dienone is 5. The summed E-state index contributed by atoms with van der Waals surface area (Å²) in [7, 11) is -2.01. The van der Waals surface area contributed by atoms with Gasteiger partial charge in [0.05, 0.1) is 6.10 Å². The number of esters is 1. The third-order valence-electron chi connectivity index (χ3n) is 8.65. The van der Waals surface area contributed by atoms with Crippen LogP contribution in [0.5, 0.6) is 0 Å². The molecule has 0 aliphatic carbocycles. The van der Waals surface area contributed by atoms with Crippen molar-refractivity contribution in [3.8, 4) is 0 Å². The van der Waals surface area contributed by atoms with Crippen LogP contribution in [0, 0.1) is 5.92 Å². The largest absolute Gasteiger partial charge is 0.458 e. The Morgan fingerprint density at radius 2 is 1.77 bits per heavy atom. The van der Waals surface area contributed by atoms with Crippen molar-refractivity contribution in [3.63, 3.8) is 0 Å². The molecule has 0 saturated carbocycles. The summed E-state index contributed by atoms with van der Waals surface area (Å²) in [4.78, 5) is 38.0. The number of carbonyl (C=O) groups excluding carboxylic acids is 3. The lowest BCUT2D eigenvalue weighted by molar-refractivity contribution is -0.147. The highest BCUT2D eigenvalue weighted by Gasteiger charge is 2.38. The van der Waals surface area contributed by atoms with Gasteiger partial charge in [-0.15, -0.1) is 0 Å². The van der Waals surface area contributed by atoms with Gasteiger partial charge in [-0.1, -0.05) is 118 Å². The molecule has 2 rings (SSSR count). The van der Waals surface area contributed by atoms with Gasteiger partial charge in [0.1, 0.15) is 12.1 Å². The number of hydrogen-bond acceptors (Lipinski definition) is 5. The Bertz CT molecular complexity index is 1420. The van der Waals surface area contributed by atoms with Crippen LogP contribution in [0.1, 0.15) is 73.3 Å². The van der Waals surface area contributed by atoms with Crippen LogP contribution in [0.3, 0.4) is 0 Å². The van der Waals surface area contributed by atoms with Crippen LogP contribution in [0.2, 0.25) is 18.1 Å². The predicted octanol–water partition coefficient (Wildman–Crippen LogP) is 8.61. The topological polar surface area (TPSA) is 93.7 Å². The number of halogens is 1. The van der Waals surface area contributed by atoms with E-state index in [1.54, 1.807) is 25.3 Å². The molecule has 1 aromatic carbocycles. The molecule has 262 valence electrons. The van der Waals surface area contributed by atoms with Crippen LogP contribution >= 0.6 is 11.6 Å². The quantitative estimate of drug-likeness (QED) is 0.0782. The van der Waals surface area contributed by atoms with Crippen LogP contribution in [-0.2, 0) is 30.0 Å². The fourth-order valence-corrected chi connectivity index (χ4v) is 6.19. The van der Waals surface area contributed by atoms with Gasteiger partial charge in [-0.3, -0.25) is 9.59 Å². The van der Waals surface area contributed by atoms with Crippen LogP contribution in [0.25, 0.3) is 0 Å². The minimum atomic E-state index is -2.01. The number of benzene rings is 1. The summed E-state index contributed by atoms with van der Waals surface area (Å²) >= 11 is 6.12. The molecule has 2 amide bonds. The van der Waals surface area contributed by atoms with Crippen molar-refractivity contribution >= 4 is 37.7 Å². The van der Waals surface area contributed by atoms with Crippen molar-refractivity contribution in [2.75, 3.05) is 0 Å². The van der Waals surface area contributed by atoms with Gasteiger partial charge in [0.25, 0.3) is 0 Å². The van der Waals surface area contributed by atoms with E-state index in [9.17, 15) is 14.4 Å². The van der Waals surface area contributed by atoms with E-state index in [1.807, 2.05) is 81.5 Å². The summed E-state index contributed by atoms with van der Waals surface area (Å²) in [6.45, 7) is 18.6. The number of ether oxygens (including phenoxy) is 1. The molecule has 0 bridgehead atoms. The summed E-state index contributed by atoms with van der Waals surface area (Å²) in [5.74, 6) is -0.914. The van der Waals surface area contributed by atoms with Crippen LogP contribution < -0.4 is 10.6 Å². The van der Waals surface area contributed by atoms with E-state index in [2.05, 4.69) is 44.5 Å². The summed E-state index contributed by atoms with van der Waals surface area (Å²) in [6.07, 6.45) is 18.2. The third kappa shape index (κ3) is 14.8. The van der Waals surface area contributed by atoms with Gasteiger partial charge in [-0.25, -0.2) is 4.79 Å². The standard InChI is InChI=1S/C39H55ClN2O5Si/c1-28(26-30(3)35-24-21-29(2)38(45)46-35)16-13-14-20-36(43)42-34(27-32-17-11-10-12-18-32)37(44)41-25-15-19-33(23-22-31(4)40)47-48(8,9)39(5,6)7/h10-18,20-22,25-26,30,33-35H,19,23-24,27H2,1-9H3,(H,41,44)(H,42,43)/b16-13-,20-14-,25-15-,28-26+,31-22+/t30-,33+,34-,35-/m0/s1. The molecule has 1 heterocycles. The molecule has 1 aromatic rings. The maximum Gasteiger partial charge on any atom is 0.333 e. The lowest BCUT2D eigenvalue weighted by Gasteiger charge is -2.39. The van der Waals surface area contributed by atoms with Crippen LogP contribution in [0.15, 0.2) is 101 Å². The van der Waals surface area contributed by atoms with Gasteiger partial charge in [0.2, 0.25) is 11.8 Å². The van der Waals surface area contributed by atoms with Gasteiger partial charge in [0.15, 0.2) is 8.32 Å². The molecule has 0 radical (unpaired) electrons. The lowest BCUT2D eigenvalue weighted by Crippen LogP contribution is -2.46. The van der Waals surface area contributed by atoms with Crippen molar-refractivity contribution in [2.45, 2.75) is 111 Å². The SMILES string of the molecule is CC1=CC[C@@H]([C@@H](C)/C=C(C)/C=C\C=C/C(=O)N[C@@H](Cc2ccccc2)C(=O)N/C=C\C[C@H](C/C=C(\C)Cl)O[Si](C)(C)C(C)(C)C)OC1=O. The number of hydrogen-bond donors (Lipinski definition) is 2. The Hall–Kier alpha value is -3.46. The first-order valence-electron chi connectivity index (χ1n) is 16.7. The Balaban J connectivity index is 2.04. The molecule has 4 atom stereocenters. The minimum Gasteiger partial charge on any atom is -0.458 e. The monoisotopic (exact) mass is 694 g/mol. The molecular weight excluding hydrogens is 640 g/mol. The number of rotatable bonds is 16. The van der Waals surface area contributed by atoms with Crippen molar-refractivity contribution in [1.29, 1.82) is 0 Å². The molecule has 2 N–H and O–H groups in total. The number of nitrogens with one attached hydrogen (secondary N) is 2. The Labute approximate surface area is 294 Å². The van der Waals surface area contributed by atoms with E-state index < -0.39 is 14.4 Å². The first-order valence-corrected chi connectivity index (χ1v) is 20.0. The molecular formula is C39H55ClN2O5Si. The van der Waals surface area contributed by atoms with Crippen molar-refractivity contribution in [3.05, 3.63) is 107 Å².